The van der Waals surface area contributed by atoms with Crippen molar-refractivity contribution >= 4 is 5.91 Å². The maximum Gasteiger partial charge on any atom is 0.252 e. The van der Waals surface area contributed by atoms with Gasteiger partial charge in [-0.05, 0) is 91.9 Å². The van der Waals surface area contributed by atoms with Crippen molar-refractivity contribution < 1.29 is 9.53 Å². The third kappa shape index (κ3) is 2.35. The van der Waals surface area contributed by atoms with Gasteiger partial charge in [0.15, 0.2) is 0 Å². The highest BCUT2D eigenvalue weighted by Gasteiger charge is 2.50. The van der Waals surface area contributed by atoms with Gasteiger partial charge in [-0.25, -0.2) is 0 Å². The van der Waals surface area contributed by atoms with Gasteiger partial charge in [-0.3, -0.25) is 4.79 Å². The number of primary amides is 1. The third-order valence-corrected chi connectivity index (χ3v) is 7.17. The Morgan fingerprint density at radius 2 is 2.12 bits per heavy atom. The molecule has 1 amide bonds. The molecule has 24 heavy (non-hydrogen) atoms. The van der Waals surface area contributed by atoms with Gasteiger partial charge in [-0.1, -0.05) is 13.3 Å². The fourth-order valence-electron chi connectivity index (χ4n) is 6.06. The van der Waals surface area contributed by atoms with Crippen LogP contribution in [0.2, 0.25) is 0 Å². The lowest BCUT2D eigenvalue weighted by atomic mass is 9.56. The smallest absolute Gasteiger partial charge is 0.252 e. The van der Waals surface area contributed by atoms with Crippen molar-refractivity contribution in [3.63, 3.8) is 0 Å². The molecule has 3 heteroatoms. The number of carbonyl (C=O) groups is 1. The number of hydrogen-bond donors (Lipinski definition) is 1. The molecule has 0 heterocycles. The zero-order valence-corrected chi connectivity index (χ0v) is 14.9. The van der Waals surface area contributed by atoms with E-state index >= 15 is 0 Å². The van der Waals surface area contributed by atoms with Crippen molar-refractivity contribution in [1.82, 2.24) is 0 Å². The SMILES string of the molecule is CCOc1cc2c(cc1C(N)=O)CCC1C2CC[C@]2(C)CCCC12. The highest BCUT2D eigenvalue weighted by Crippen LogP contribution is 2.61. The molecular weight excluding hydrogens is 298 g/mol. The highest BCUT2D eigenvalue weighted by atomic mass is 16.5. The van der Waals surface area contributed by atoms with Crippen LogP contribution in [0.3, 0.4) is 0 Å². The Labute approximate surface area is 145 Å². The molecule has 2 saturated carbocycles. The summed E-state index contributed by atoms with van der Waals surface area (Å²) in [5.41, 5.74) is 9.48. The third-order valence-electron chi connectivity index (χ3n) is 7.17. The number of carbonyl (C=O) groups excluding carboxylic acids is 1. The molecule has 0 aromatic heterocycles. The van der Waals surface area contributed by atoms with Gasteiger partial charge >= 0.3 is 0 Å². The van der Waals surface area contributed by atoms with E-state index in [4.69, 9.17) is 10.5 Å². The summed E-state index contributed by atoms with van der Waals surface area (Å²) in [6.45, 7) is 5.05. The molecule has 3 aliphatic rings. The molecule has 2 fully saturated rings. The number of hydrogen-bond acceptors (Lipinski definition) is 2. The van der Waals surface area contributed by atoms with Gasteiger partial charge in [0.1, 0.15) is 5.75 Å². The molecule has 3 unspecified atom stereocenters. The summed E-state index contributed by atoms with van der Waals surface area (Å²) >= 11 is 0. The minimum Gasteiger partial charge on any atom is -0.493 e. The zero-order chi connectivity index (χ0) is 16.9. The number of nitrogens with two attached hydrogens (primary N) is 1. The molecule has 4 atom stereocenters. The van der Waals surface area contributed by atoms with Crippen LogP contribution < -0.4 is 10.5 Å². The first-order valence-electron chi connectivity index (χ1n) is 9.63. The van der Waals surface area contributed by atoms with E-state index in [1.54, 1.807) is 0 Å². The monoisotopic (exact) mass is 327 g/mol. The average molecular weight is 327 g/mol. The molecule has 0 saturated heterocycles. The molecule has 3 aliphatic carbocycles. The van der Waals surface area contributed by atoms with Gasteiger partial charge in [0.25, 0.3) is 5.91 Å². The molecule has 2 N–H and O–H groups in total. The number of amides is 1. The van der Waals surface area contributed by atoms with Gasteiger partial charge in [-0.15, -0.1) is 0 Å². The van der Waals surface area contributed by atoms with Gasteiger partial charge in [0.05, 0.1) is 12.2 Å². The summed E-state index contributed by atoms with van der Waals surface area (Å²) in [4.78, 5) is 11.8. The lowest BCUT2D eigenvalue weighted by Gasteiger charge is -2.49. The van der Waals surface area contributed by atoms with Crippen molar-refractivity contribution in [3.8, 4) is 5.75 Å². The predicted molar refractivity (Wildman–Crippen MR) is 95.4 cm³/mol. The van der Waals surface area contributed by atoms with Crippen LogP contribution in [-0.2, 0) is 6.42 Å². The average Bonchev–Trinajstić information content (AvgIpc) is 2.96. The molecular formula is C21H29NO2. The fourth-order valence-corrected chi connectivity index (χ4v) is 6.06. The van der Waals surface area contributed by atoms with E-state index in [1.165, 1.54) is 49.7 Å². The normalized spacial score (nSPS) is 34.2. The van der Waals surface area contributed by atoms with E-state index in [9.17, 15) is 4.79 Å². The van der Waals surface area contributed by atoms with Crippen LogP contribution in [0.4, 0.5) is 0 Å². The van der Waals surface area contributed by atoms with E-state index in [2.05, 4.69) is 13.0 Å². The maximum atomic E-state index is 11.8. The van der Waals surface area contributed by atoms with Gasteiger partial charge in [-0.2, -0.15) is 0 Å². The van der Waals surface area contributed by atoms with Crippen molar-refractivity contribution in [1.29, 1.82) is 0 Å². The maximum absolute atomic E-state index is 11.8. The topological polar surface area (TPSA) is 52.3 Å². The molecule has 4 rings (SSSR count). The summed E-state index contributed by atoms with van der Waals surface area (Å²) < 4.78 is 5.75. The van der Waals surface area contributed by atoms with Crippen molar-refractivity contribution in [2.45, 2.75) is 64.7 Å². The summed E-state index contributed by atoms with van der Waals surface area (Å²) in [6, 6.07) is 4.16. The molecule has 3 nitrogen and oxygen atoms in total. The van der Waals surface area contributed by atoms with E-state index in [1.807, 2.05) is 13.0 Å². The van der Waals surface area contributed by atoms with E-state index in [-0.39, 0.29) is 5.91 Å². The molecule has 1 aromatic rings. The number of ether oxygens (including phenoxy) is 1. The van der Waals surface area contributed by atoms with Crippen LogP contribution in [0.1, 0.15) is 79.8 Å². The van der Waals surface area contributed by atoms with Gasteiger partial charge in [0, 0.05) is 0 Å². The predicted octanol–water partition coefficient (Wildman–Crippen LogP) is 4.43. The van der Waals surface area contributed by atoms with Crippen LogP contribution in [0, 0.1) is 17.3 Å². The Kier molecular flexibility index (Phi) is 3.85. The van der Waals surface area contributed by atoms with Crippen LogP contribution in [0.25, 0.3) is 0 Å². The van der Waals surface area contributed by atoms with Crippen molar-refractivity contribution in [2.24, 2.45) is 23.0 Å². The van der Waals surface area contributed by atoms with Crippen LogP contribution in [0.5, 0.6) is 5.75 Å². The summed E-state index contributed by atoms with van der Waals surface area (Å²) in [7, 11) is 0. The lowest BCUT2D eigenvalue weighted by Crippen LogP contribution is -2.39. The standard InChI is InChI=1S/C21H29NO2/c1-3-24-19-12-16-13(11-17(19)20(22)23)6-7-15-14(16)8-10-21(2)9-4-5-18(15)21/h11-12,14-15,18H,3-10H2,1-2H3,(H2,22,23)/t14?,15?,18?,21-/m0/s1. The van der Waals surface area contributed by atoms with E-state index < -0.39 is 0 Å². The number of rotatable bonds is 3. The minimum atomic E-state index is -0.379. The second-order valence-corrected chi connectivity index (χ2v) is 8.34. The summed E-state index contributed by atoms with van der Waals surface area (Å²) in [6.07, 6.45) is 9.21. The number of fused-ring (bicyclic) bond motifs is 5. The molecule has 1 aromatic carbocycles. The quantitative estimate of drug-likeness (QED) is 0.893. The molecule has 130 valence electrons. The first kappa shape index (κ1) is 16.0. The first-order chi connectivity index (χ1) is 11.5. The number of aryl methyl sites for hydroxylation is 1. The van der Waals surface area contributed by atoms with Gasteiger partial charge in [0.2, 0.25) is 0 Å². The summed E-state index contributed by atoms with van der Waals surface area (Å²) in [5, 5.41) is 0. The second kappa shape index (κ2) is 5.79. The molecule has 0 aliphatic heterocycles. The summed E-state index contributed by atoms with van der Waals surface area (Å²) in [5.74, 6) is 2.65. The van der Waals surface area contributed by atoms with Crippen molar-refractivity contribution in [3.05, 3.63) is 28.8 Å². The first-order valence-corrected chi connectivity index (χ1v) is 9.63. The molecule has 0 bridgehead atoms. The Morgan fingerprint density at radius 1 is 1.29 bits per heavy atom. The molecule has 0 spiro atoms. The van der Waals surface area contributed by atoms with Crippen LogP contribution in [0.15, 0.2) is 12.1 Å². The second-order valence-electron chi connectivity index (χ2n) is 8.34. The van der Waals surface area contributed by atoms with Gasteiger partial charge < -0.3 is 10.5 Å². The van der Waals surface area contributed by atoms with Crippen LogP contribution >= 0.6 is 0 Å². The minimum absolute atomic E-state index is 0.379. The zero-order valence-electron chi connectivity index (χ0n) is 14.9. The molecule has 0 radical (unpaired) electrons. The Hall–Kier alpha value is -1.51. The lowest BCUT2D eigenvalue weighted by molar-refractivity contribution is 0.0597. The van der Waals surface area contributed by atoms with Crippen molar-refractivity contribution in [2.75, 3.05) is 6.61 Å². The Balaban J connectivity index is 1.73. The van der Waals surface area contributed by atoms with Crippen LogP contribution in [-0.4, -0.2) is 12.5 Å². The van der Waals surface area contributed by atoms with E-state index in [0.29, 0.717) is 29.3 Å². The highest BCUT2D eigenvalue weighted by molar-refractivity contribution is 5.96. The Morgan fingerprint density at radius 3 is 2.88 bits per heavy atom. The number of benzene rings is 1. The van der Waals surface area contributed by atoms with E-state index in [0.717, 1.165) is 18.3 Å². The largest absolute Gasteiger partial charge is 0.493 e. The fraction of sp³-hybridized carbons (Fsp3) is 0.667. The Bertz CT molecular complexity index is 668.